The average Bonchev–Trinajstić information content (AvgIpc) is 2.89. The lowest BCUT2D eigenvalue weighted by Crippen LogP contribution is -2.12. The van der Waals surface area contributed by atoms with E-state index in [-0.39, 0.29) is 0 Å². The molecule has 1 saturated heterocycles. The fourth-order valence-corrected chi connectivity index (χ4v) is 2.25. The second-order valence-electron chi connectivity index (χ2n) is 4.75. The zero-order valence-corrected chi connectivity index (χ0v) is 10.6. The summed E-state index contributed by atoms with van der Waals surface area (Å²) in [5, 5.41) is 4.35. The number of hydrogen-bond acceptors (Lipinski definition) is 3. The van der Waals surface area contributed by atoms with Crippen molar-refractivity contribution in [3.05, 3.63) is 17.5 Å². The van der Waals surface area contributed by atoms with Crippen molar-refractivity contribution in [3.63, 3.8) is 0 Å². The third-order valence-electron chi connectivity index (χ3n) is 3.31. The van der Waals surface area contributed by atoms with Gasteiger partial charge in [0.2, 0.25) is 0 Å². The second kappa shape index (κ2) is 5.45. The number of aromatic nitrogens is 2. The van der Waals surface area contributed by atoms with Crippen LogP contribution in [-0.2, 0) is 29.4 Å². The minimum absolute atomic E-state index is 0.297. The molecule has 1 aromatic heterocycles. The number of aryl methyl sites for hydroxylation is 2. The molecule has 2 rings (SSSR count). The number of carbonyl (C=O) groups excluding carboxylic acids is 1. The first-order chi connectivity index (χ1) is 8.19. The lowest BCUT2D eigenvalue weighted by atomic mass is 9.99. The molecule has 1 aromatic rings. The van der Waals surface area contributed by atoms with Crippen LogP contribution in [0.3, 0.4) is 0 Å². The molecule has 1 aliphatic heterocycles. The highest BCUT2D eigenvalue weighted by Gasteiger charge is 2.19. The summed E-state index contributed by atoms with van der Waals surface area (Å²) in [6, 6.07) is 2.03. The van der Waals surface area contributed by atoms with Crippen molar-refractivity contribution in [2.45, 2.75) is 32.6 Å². The predicted molar refractivity (Wildman–Crippen MR) is 64.8 cm³/mol. The van der Waals surface area contributed by atoms with Crippen molar-refractivity contribution in [3.8, 4) is 0 Å². The molecule has 1 aliphatic rings. The van der Waals surface area contributed by atoms with Gasteiger partial charge in [-0.25, -0.2) is 0 Å². The number of ketones is 1. The molecule has 0 saturated carbocycles. The van der Waals surface area contributed by atoms with Gasteiger partial charge in [-0.3, -0.25) is 9.48 Å². The lowest BCUT2D eigenvalue weighted by Gasteiger charge is -2.06. The van der Waals surface area contributed by atoms with Crippen LogP contribution in [0.2, 0.25) is 0 Å². The maximum atomic E-state index is 11.9. The Hall–Kier alpha value is -1.16. The van der Waals surface area contributed by atoms with Gasteiger partial charge < -0.3 is 4.74 Å². The molecule has 0 aromatic carbocycles. The van der Waals surface area contributed by atoms with Crippen LogP contribution in [0.1, 0.15) is 31.2 Å². The summed E-state index contributed by atoms with van der Waals surface area (Å²) in [6.45, 7) is 3.63. The highest BCUT2D eigenvalue weighted by atomic mass is 16.5. The standard InChI is InChI=1S/C13H20N2O2/c1-3-11-7-12(15(2)14-11)8-13(16)6-10-4-5-17-9-10/h7,10H,3-6,8-9H2,1-2H3. The summed E-state index contributed by atoms with van der Waals surface area (Å²) < 4.78 is 7.10. The van der Waals surface area contributed by atoms with Crippen molar-refractivity contribution in [1.29, 1.82) is 0 Å². The summed E-state index contributed by atoms with van der Waals surface area (Å²) in [5.74, 6) is 0.729. The van der Waals surface area contributed by atoms with Gasteiger partial charge in [0, 0.05) is 38.8 Å². The largest absolute Gasteiger partial charge is 0.381 e. The van der Waals surface area contributed by atoms with Crippen molar-refractivity contribution < 1.29 is 9.53 Å². The Bertz CT molecular complexity index is 392. The van der Waals surface area contributed by atoms with Gasteiger partial charge in [0.1, 0.15) is 5.78 Å². The summed E-state index contributed by atoms with van der Waals surface area (Å²) >= 11 is 0. The summed E-state index contributed by atoms with van der Waals surface area (Å²) in [7, 11) is 1.90. The summed E-state index contributed by atoms with van der Waals surface area (Å²) in [5.41, 5.74) is 2.07. The molecule has 17 heavy (non-hydrogen) atoms. The van der Waals surface area contributed by atoms with Crippen LogP contribution in [0.5, 0.6) is 0 Å². The molecule has 1 unspecified atom stereocenters. The van der Waals surface area contributed by atoms with Crippen LogP contribution in [0.4, 0.5) is 0 Å². The number of hydrogen-bond donors (Lipinski definition) is 0. The van der Waals surface area contributed by atoms with Gasteiger partial charge in [0.05, 0.1) is 5.69 Å². The molecule has 0 aliphatic carbocycles. The van der Waals surface area contributed by atoms with Gasteiger partial charge in [-0.05, 0) is 24.8 Å². The average molecular weight is 236 g/mol. The zero-order valence-electron chi connectivity index (χ0n) is 10.6. The fourth-order valence-electron chi connectivity index (χ4n) is 2.25. The SMILES string of the molecule is CCc1cc(CC(=O)CC2CCOC2)n(C)n1. The Morgan fingerprint density at radius 3 is 3.06 bits per heavy atom. The molecule has 4 heteroatoms. The van der Waals surface area contributed by atoms with Crippen LogP contribution in [0, 0.1) is 5.92 Å². The number of nitrogens with zero attached hydrogens (tertiary/aromatic N) is 2. The van der Waals surface area contributed by atoms with Crippen LogP contribution in [0.25, 0.3) is 0 Å². The number of Topliss-reactive ketones (excluding diaryl/α,β-unsaturated/α-hetero) is 1. The molecule has 0 radical (unpaired) electrons. The highest BCUT2D eigenvalue weighted by Crippen LogP contribution is 2.17. The van der Waals surface area contributed by atoms with E-state index in [2.05, 4.69) is 12.0 Å². The van der Waals surface area contributed by atoms with E-state index in [4.69, 9.17) is 4.74 Å². The smallest absolute Gasteiger partial charge is 0.139 e. The molecule has 0 spiro atoms. The third kappa shape index (κ3) is 3.16. The first-order valence-electron chi connectivity index (χ1n) is 6.30. The van der Waals surface area contributed by atoms with Gasteiger partial charge in [-0.2, -0.15) is 5.10 Å². The van der Waals surface area contributed by atoms with E-state index >= 15 is 0 Å². The van der Waals surface area contributed by atoms with E-state index < -0.39 is 0 Å². The molecule has 0 amide bonds. The van der Waals surface area contributed by atoms with Crippen molar-refractivity contribution in [1.82, 2.24) is 9.78 Å². The quantitative estimate of drug-likeness (QED) is 0.778. The van der Waals surface area contributed by atoms with E-state index in [0.717, 1.165) is 37.4 Å². The Labute approximate surface area is 102 Å². The molecular formula is C13H20N2O2. The van der Waals surface area contributed by atoms with Gasteiger partial charge in [0.15, 0.2) is 0 Å². The predicted octanol–water partition coefficient (Wildman–Crippen LogP) is 1.52. The summed E-state index contributed by atoms with van der Waals surface area (Å²) in [4.78, 5) is 11.9. The number of carbonyl (C=O) groups is 1. The molecule has 1 atom stereocenters. The van der Waals surface area contributed by atoms with Crippen molar-refractivity contribution in [2.75, 3.05) is 13.2 Å². The molecule has 2 heterocycles. The molecule has 0 N–H and O–H groups in total. The normalized spacial score (nSPS) is 19.8. The van der Waals surface area contributed by atoms with Gasteiger partial charge >= 0.3 is 0 Å². The van der Waals surface area contributed by atoms with E-state index in [1.165, 1.54) is 0 Å². The minimum atomic E-state index is 0.297. The van der Waals surface area contributed by atoms with Crippen molar-refractivity contribution >= 4 is 5.78 Å². The van der Waals surface area contributed by atoms with Gasteiger partial charge in [0.25, 0.3) is 0 Å². The third-order valence-corrected chi connectivity index (χ3v) is 3.31. The zero-order chi connectivity index (χ0) is 12.3. The Balaban J connectivity index is 1.90. The highest BCUT2D eigenvalue weighted by molar-refractivity contribution is 5.80. The first kappa shape index (κ1) is 12.3. The fraction of sp³-hybridized carbons (Fsp3) is 0.692. The Morgan fingerprint density at radius 1 is 1.65 bits per heavy atom. The van der Waals surface area contributed by atoms with Crippen LogP contribution in [0.15, 0.2) is 6.07 Å². The van der Waals surface area contributed by atoms with Crippen molar-refractivity contribution in [2.24, 2.45) is 13.0 Å². The topological polar surface area (TPSA) is 44.1 Å². The molecular weight excluding hydrogens is 216 g/mol. The van der Waals surface area contributed by atoms with Crippen LogP contribution in [-0.4, -0.2) is 28.8 Å². The molecule has 0 bridgehead atoms. The maximum Gasteiger partial charge on any atom is 0.139 e. The maximum absolute atomic E-state index is 11.9. The Morgan fingerprint density at radius 2 is 2.47 bits per heavy atom. The second-order valence-corrected chi connectivity index (χ2v) is 4.75. The number of rotatable bonds is 5. The molecule has 1 fully saturated rings. The monoisotopic (exact) mass is 236 g/mol. The molecule has 4 nitrogen and oxygen atoms in total. The lowest BCUT2D eigenvalue weighted by molar-refractivity contribution is -0.119. The minimum Gasteiger partial charge on any atom is -0.381 e. The summed E-state index contributed by atoms with van der Waals surface area (Å²) in [6.07, 6.45) is 3.09. The van der Waals surface area contributed by atoms with Crippen LogP contribution < -0.4 is 0 Å². The van der Waals surface area contributed by atoms with E-state index in [9.17, 15) is 4.79 Å². The van der Waals surface area contributed by atoms with Gasteiger partial charge in [-0.1, -0.05) is 6.92 Å². The van der Waals surface area contributed by atoms with E-state index in [1.54, 1.807) is 0 Å². The molecule has 94 valence electrons. The van der Waals surface area contributed by atoms with Crippen LogP contribution >= 0.6 is 0 Å². The van der Waals surface area contributed by atoms with Gasteiger partial charge in [-0.15, -0.1) is 0 Å². The van der Waals surface area contributed by atoms with E-state index in [1.807, 2.05) is 17.8 Å². The number of ether oxygens (including phenoxy) is 1. The van der Waals surface area contributed by atoms with E-state index in [0.29, 0.717) is 24.5 Å². The first-order valence-corrected chi connectivity index (χ1v) is 6.30. The Kier molecular flexibility index (Phi) is 3.94.